The Labute approximate surface area is 122 Å². The Bertz CT molecular complexity index is 736. The van der Waals surface area contributed by atoms with Crippen molar-refractivity contribution in [2.45, 2.75) is 6.54 Å². The summed E-state index contributed by atoms with van der Waals surface area (Å²) < 4.78 is 7.19. The van der Waals surface area contributed by atoms with Gasteiger partial charge in [0.25, 0.3) is 0 Å². The Morgan fingerprint density at radius 2 is 2.10 bits per heavy atom. The summed E-state index contributed by atoms with van der Waals surface area (Å²) in [7, 11) is 1.61. The van der Waals surface area contributed by atoms with Crippen molar-refractivity contribution >= 4 is 5.82 Å². The summed E-state index contributed by atoms with van der Waals surface area (Å²) in [6, 6.07) is 7.57. The molecule has 0 saturated carbocycles. The summed E-state index contributed by atoms with van der Waals surface area (Å²) in [6.45, 7) is 0.679. The molecule has 3 aromatic rings. The number of nitrogens with zero attached hydrogens (tertiary/aromatic N) is 4. The molecular formula is C15H15N5O. The van der Waals surface area contributed by atoms with E-state index in [1.807, 2.05) is 29.0 Å². The van der Waals surface area contributed by atoms with Crippen LogP contribution in [0.3, 0.4) is 0 Å². The van der Waals surface area contributed by atoms with Crippen LogP contribution in [-0.4, -0.2) is 26.6 Å². The number of hydrogen-bond donors (Lipinski definition) is 1. The van der Waals surface area contributed by atoms with E-state index in [4.69, 9.17) is 10.5 Å². The van der Waals surface area contributed by atoms with E-state index in [9.17, 15) is 0 Å². The normalized spacial score (nSPS) is 10.5. The lowest BCUT2D eigenvalue weighted by Crippen LogP contribution is -2.01. The number of rotatable bonds is 4. The first-order valence-corrected chi connectivity index (χ1v) is 6.47. The molecule has 3 rings (SSSR count). The van der Waals surface area contributed by atoms with Crippen molar-refractivity contribution < 1.29 is 4.74 Å². The number of pyridine rings is 2. The molecule has 2 N–H and O–H groups in total. The van der Waals surface area contributed by atoms with E-state index < -0.39 is 0 Å². The van der Waals surface area contributed by atoms with Gasteiger partial charge >= 0.3 is 0 Å². The number of hydrogen-bond acceptors (Lipinski definition) is 5. The lowest BCUT2D eigenvalue weighted by atomic mass is 10.2. The molecule has 0 aliphatic rings. The molecule has 0 fully saturated rings. The highest BCUT2D eigenvalue weighted by molar-refractivity contribution is 5.59. The Kier molecular flexibility index (Phi) is 3.51. The van der Waals surface area contributed by atoms with Crippen molar-refractivity contribution in [2.24, 2.45) is 0 Å². The highest BCUT2D eigenvalue weighted by Gasteiger charge is 2.07. The van der Waals surface area contributed by atoms with Crippen LogP contribution in [0.1, 0.15) is 5.56 Å². The third-order valence-electron chi connectivity index (χ3n) is 3.16. The summed E-state index contributed by atoms with van der Waals surface area (Å²) in [6.07, 6.45) is 7.08. The molecule has 3 aromatic heterocycles. The number of nitrogen functional groups attached to an aromatic ring is 1. The van der Waals surface area contributed by atoms with Crippen LogP contribution in [0.2, 0.25) is 0 Å². The van der Waals surface area contributed by atoms with Crippen LogP contribution in [0.4, 0.5) is 5.82 Å². The van der Waals surface area contributed by atoms with Crippen LogP contribution < -0.4 is 10.5 Å². The first-order valence-electron chi connectivity index (χ1n) is 6.47. The lowest BCUT2D eigenvalue weighted by molar-refractivity contribution is 0.397. The van der Waals surface area contributed by atoms with E-state index >= 15 is 0 Å². The van der Waals surface area contributed by atoms with Crippen LogP contribution in [0, 0.1) is 0 Å². The smallest absolute Gasteiger partial charge is 0.213 e. The molecule has 21 heavy (non-hydrogen) atoms. The molecule has 0 aromatic carbocycles. The number of ether oxygens (including phenoxy) is 1. The molecule has 0 unspecified atom stereocenters. The minimum atomic E-state index is 0.503. The molecule has 6 nitrogen and oxygen atoms in total. The highest BCUT2D eigenvalue weighted by Crippen LogP contribution is 2.20. The molecule has 0 amide bonds. The van der Waals surface area contributed by atoms with Gasteiger partial charge in [0, 0.05) is 30.6 Å². The highest BCUT2D eigenvalue weighted by atomic mass is 16.5. The zero-order valence-corrected chi connectivity index (χ0v) is 11.6. The van der Waals surface area contributed by atoms with Gasteiger partial charge in [0.1, 0.15) is 5.82 Å². The molecule has 3 heterocycles. The second-order valence-corrected chi connectivity index (χ2v) is 4.58. The van der Waals surface area contributed by atoms with Gasteiger partial charge in [-0.25, -0.2) is 15.0 Å². The zero-order valence-electron chi connectivity index (χ0n) is 11.6. The van der Waals surface area contributed by atoms with E-state index in [2.05, 4.69) is 15.0 Å². The van der Waals surface area contributed by atoms with Gasteiger partial charge in [0.2, 0.25) is 5.88 Å². The van der Waals surface area contributed by atoms with Crippen molar-refractivity contribution in [3.63, 3.8) is 0 Å². The van der Waals surface area contributed by atoms with Crippen molar-refractivity contribution in [2.75, 3.05) is 12.8 Å². The number of anilines is 1. The molecule has 0 radical (unpaired) electrons. The zero-order chi connectivity index (χ0) is 14.7. The molecule has 0 spiro atoms. The van der Waals surface area contributed by atoms with Crippen LogP contribution >= 0.6 is 0 Å². The van der Waals surface area contributed by atoms with Gasteiger partial charge in [0.05, 0.1) is 25.3 Å². The number of imidazole rings is 1. The predicted molar refractivity (Wildman–Crippen MR) is 79.8 cm³/mol. The monoisotopic (exact) mass is 281 g/mol. The molecule has 0 aliphatic carbocycles. The summed E-state index contributed by atoms with van der Waals surface area (Å²) in [5, 5.41) is 0. The fraction of sp³-hybridized carbons (Fsp3) is 0.133. The Morgan fingerprint density at radius 1 is 1.19 bits per heavy atom. The van der Waals surface area contributed by atoms with E-state index in [0.29, 0.717) is 18.2 Å². The average molecular weight is 281 g/mol. The fourth-order valence-corrected chi connectivity index (χ4v) is 2.10. The van der Waals surface area contributed by atoms with Crippen LogP contribution in [-0.2, 0) is 6.54 Å². The van der Waals surface area contributed by atoms with Gasteiger partial charge in [0.15, 0.2) is 0 Å². The standard InChI is InChI=1S/C15H15N5O/c1-21-15-6-11(4-5-18-15)9-20-10-17-8-13(20)12-2-3-14(16)19-7-12/h2-8,10H,9H2,1H3,(H2,16,19). The van der Waals surface area contributed by atoms with Gasteiger partial charge in [-0.05, 0) is 23.8 Å². The van der Waals surface area contributed by atoms with Gasteiger partial charge in [-0.3, -0.25) is 0 Å². The SMILES string of the molecule is COc1cc(Cn2cncc2-c2ccc(N)nc2)ccn1. The van der Waals surface area contributed by atoms with Crippen molar-refractivity contribution in [1.29, 1.82) is 0 Å². The summed E-state index contributed by atoms with van der Waals surface area (Å²) in [5.74, 6) is 1.10. The molecule has 0 bridgehead atoms. The maximum absolute atomic E-state index is 5.62. The van der Waals surface area contributed by atoms with Gasteiger partial charge in [-0.2, -0.15) is 0 Å². The maximum Gasteiger partial charge on any atom is 0.213 e. The second-order valence-electron chi connectivity index (χ2n) is 4.58. The van der Waals surface area contributed by atoms with Crippen LogP contribution in [0.5, 0.6) is 5.88 Å². The number of aromatic nitrogens is 4. The van der Waals surface area contributed by atoms with Crippen molar-refractivity contribution in [3.05, 3.63) is 54.7 Å². The van der Waals surface area contributed by atoms with Gasteiger partial charge in [-0.1, -0.05) is 0 Å². The predicted octanol–water partition coefficient (Wildman–Crippen LogP) is 1.98. The van der Waals surface area contributed by atoms with E-state index in [0.717, 1.165) is 16.8 Å². The first-order chi connectivity index (χ1) is 10.3. The molecule has 0 saturated heterocycles. The summed E-state index contributed by atoms with van der Waals surface area (Å²) in [4.78, 5) is 12.4. The first kappa shape index (κ1) is 13.1. The van der Waals surface area contributed by atoms with Gasteiger partial charge < -0.3 is 15.0 Å². The number of nitrogens with two attached hydrogens (primary N) is 1. The molecule has 6 heteroatoms. The minimum Gasteiger partial charge on any atom is -0.481 e. The van der Waals surface area contributed by atoms with E-state index in [1.165, 1.54) is 0 Å². The maximum atomic E-state index is 5.62. The van der Waals surface area contributed by atoms with Gasteiger partial charge in [-0.15, -0.1) is 0 Å². The molecule has 0 aliphatic heterocycles. The van der Waals surface area contributed by atoms with Crippen LogP contribution in [0.15, 0.2) is 49.2 Å². The topological polar surface area (TPSA) is 78.9 Å². The lowest BCUT2D eigenvalue weighted by Gasteiger charge is -2.09. The Hall–Kier alpha value is -2.89. The van der Waals surface area contributed by atoms with Crippen LogP contribution in [0.25, 0.3) is 11.3 Å². The van der Waals surface area contributed by atoms with E-state index in [1.54, 1.807) is 31.9 Å². The molecular weight excluding hydrogens is 266 g/mol. The quantitative estimate of drug-likeness (QED) is 0.791. The number of methoxy groups -OCH3 is 1. The minimum absolute atomic E-state index is 0.503. The largest absolute Gasteiger partial charge is 0.481 e. The average Bonchev–Trinajstić information content (AvgIpc) is 2.96. The molecule has 0 atom stereocenters. The Balaban J connectivity index is 1.90. The molecule has 106 valence electrons. The van der Waals surface area contributed by atoms with Crippen molar-refractivity contribution in [3.8, 4) is 17.1 Å². The third kappa shape index (κ3) is 2.84. The fourth-order valence-electron chi connectivity index (χ4n) is 2.10. The summed E-state index contributed by atoms with van der Waals surface area (Å²) in [5.41, 5.74) is 8.67. The summed E-state index contributed by atoms with van der Waals surface area (Å²) >= 11 is 0. The van der Waals surface area contributed by atoms with Crippen molar-refractivity contribution in [1.82, 2.24) is 19.5 Å². The van der Waals surface area contributed by atoms with E-state index in [-0.39, 0.29) is 0 Å². The third-order valence-corrected chi connectivity index (χ3v) is 3.16. The second kappa shape index (κ2) is 5.62. The Morgan fingerprint density at radius 3 is 2.86 bits per heavy atom.